The molecule has 30 heavy (non-hydrogen) atoms. The fourth-order valence-corrected chi connectivity index (χ4v) is 6.29. The van der Waals surface area contributed by atoms with Crippen molar-refractivity contribution in [3.05, 3.63) is 23.5 Å². The number of likely N-dealkylation sites (tertiary alicyclic amines) is 1. The SMILES string of the molecule is O=C1CN(c2c(O)ccc(CC3CCCCN3CCC3CCCC3)c2F)S(=O)(=O)N1. The van der Waals surface area contributed by atoms with Crippen LogP contribution in [0.3, 0.4) is 0 Å². The number of halogens is 1. The number of anilines is 1. The summed E-state index contributed by atoms with van der Waals surface area (Å²) in [6.45, 7) is 1.48. The summed E-state index contributed by atoms with van der Waals surface area (Å²) < 4.78 is 42.1. The second-order valence-electron chi connectivity index (χ2n) is 8.77. The first kappa shape index (κ1) is 21.4. The molecule has 0 aromatic heterocycles. The third kappa shape index (κ3) is 4.42. The van der Waals surface area contributed by atoms with Crippen molar-refractivity contribution in [1.29, 1.82) is 0 Å². The van der Waals surface area contributed by atoms with Gasteiger partial charge in [-0.1, -0.05) is 38.2 Å². The number of carbonyl (C=O) groups excluding carboxylic acids is 1. The number of rotatable bonds is 6. The van der Waals surface area contributed by atoms with Crippen LogP contribution in [0.4, 0.5) is 10.1 Å². The summed E-state index contributed by atoms with van der Waals surface area (Å²) in [7, 11) is -4.19. The topological polar surface area (TPSA) is 90.0 Å². The van der Waals surface area contributed by atoms with Crippen molar-refractivity contribution >= 4 is 21.8 Å². The molecular weight excluding hydrogens is 409 g/mol. The van der Waals surface area contributed by atoms with Gasteiger partial charge in [0.25, 0.3) is 5.91 Å². The van der Waals surface area contributed by atoms with Gasteiger partial charge in [0.05, 0.1) is 0 Å². The highest BCUT2D eigenvalue weighted by atomic mass is 32.2. The Morgan fingerprint density at radius 1 is 1.13 bits per heavy atom. The molecule has 0 bridgehead atoms. The Kier molecular flexibility index (Phi) is 6.20. The normalized spacial score (nSPS) is 25.0. The van der Waals surface area contributed by atoms with E-state index < -0.39 is 39.9 Å². The van der Waals surface area contributed by atoms with Gasteiger partial charge < -0.3 is 10.0 Å². The molecule has 4 rings (SSSR count). The molecule has 2 aliphatic heterocycles. The van der Waals surface area contributed by atoms with E-state index in [0.717, 1.165) is 38.3 Å². The highest BCUT2D eigenvalue weighted by molar-refractivity contribution is 7.92. The van der Waals surface area contributed by atoms with Crippen molar-refractivity contribution in [3.63, 3.8) is 0 Å². The number of piperidine rings is 1. The van der Waals surface area contributed by atoms with Crippen LogP contribution in [0.15, 0.2) is 12.1 Å². The monoisotopic (exact) mass is 439 g/mol. The third-order valence-corrected chi connectivity index (χ3v) is 8.13. The van der Waals surface area contributed by atoms with Crippen LogP contribution in [0.1, 0.15) is 56.9 Å². The molecule has 1 saturated carbocycles. The molecule has 2 heterocycles. The number of phenols is 1. The van der Waals surface area contributed by atoms with Crippen molar-refractivity contribution in [1.82, 2.24) is 9.62 Å². The minimum Gasteiger partial charge on any atom is -0.506 e. The number of hydrogen-bond acceptors (Lipinski definition) is 5. The maximum atomic E-state index is 15.3. The molecule has 1 amide bonds. The van der Waals surface area contributed by atoms with Gasteiger partial charge in [-0.15, -0.1) is 0 Å². The number of carbonyl (C=O) groups is 1. The lowest BCUT2D eigenvalue weighted by Crippen LogP contribution is -2.42. The molecule has 2 saturated heterocycles. The van der Waals surface area contributed by atoms with Gasteiger partial charge in [0.15, 0.2) is 5.82 Å². The van der Waals surface area contributed by atoms with E-state index in [2.05, 4.69) is 4.90 Å². The van der Waals surface area contributed by atoms with Crippen molar-refractivity contribution in [2.24, 2.45) is 5.92 Å². The minimum atomic E-state index is -4.19. The lowest BCUT2D eigenvalue weighted by Gasteiger charge is -2.36. The number of nitrogens with zero attached hydrogens (tertiary/aromatic N) is 2. The molecule has 166 valence electrons. The van der Waals surface area contributed by atoms with Crippen molar-refractivity contribution in [2.75, 3.05) is 23.9 Å². The van der Waals surface area contributed by atoms with E-state index in [1.807, 2.05) is 4.72 Å². The third-order valence-electron chi connectivity index (χ3n) is 6.75. The first-order valence-corrected chi connectivity index (χ1v) is 12.4. The summed E-state index contributed by atoms with van der Waals surface area (Å²) in [5, 5.41) is 10.2. The fourth-order valence-electron chi connectivity index (χ4n) is 5.12. The second-order valence-corrected chi connectivity index (χ2v) is 10.4. The van der Waals surface area contributed by atoms with Gasteiger partial charge >= 0.3 is 10.2 Å². The number of aromatic hydroxyl groups is 1. The van der Waals surface area contributed by atoms with Crippen LogP contribution in [0.25, 0.3) is 0 Å². The van der Waals surface area contributed by atoms with Gasteiger partial charge in [-0.2, -0.15) is 8.42 Å². The van der Waals surface area contributed by atoms with E-state index in [1.165, 1.54) is 44.2 Å². The first-order chi connectivity index (χ1) is 14.3. The quantitative estimate of drug-likeness (QED) is 0.711. The summed E-state index contributed by atoms with van der Waals surface area (Å²) in [6.07, 6.45) is 10.1. The molecule has 3 fully saturated rings. The first-order valence-electron chi connectivity index (χ1n) is 10.9. The molecule has 0 spiro atoms. The maximum Gasteiger partial charge on any atom is 0.326 e. The van der Waals surface area contributed by atoms with Gasteiger partial charge in [0, 0.05) is 6.04 Å². The molecule has 1 unspecified atom stereocenters. The molecule has 1 aromatic rings. The average molecular weight is 440 g/mol. The zero-order valence-electron chi connectivity index (χ0n) is 17.1. The van der Waals surface area contributed by atoms with E-state index in [1.54, 1.807) is 0 Å². The van der Waals surface area contributed by atoms with Crippen LogP contribution in [0.2, 0.25) is 0 Å². The summed E-state index contributed by atoms with van der Waals surface area (Å²) in [5.41, 5.74) is -0.0747. The van der Waals surface area contributed by atoms with Gasteiger partial charge in [0.2, 0.25) is 0 Å². The Morgan fingerprint density at radius 3 is 2.57 bits per heavy atom. The maximum absolute atomic E-state index is 15.3. The number of amides is 1. The van der Waals surface area contributed by atoms with E-state index in [4.69, 9.17) is 0 Å². The number of hydrogen-bond donors (Lipinski definition) is 2. The summed E-state index contributed by atoms with van der Waals surface area (Å²) in [4.78, 5) is 14.0. The second kappa shape index (κ2) is 8.70. The zero-order chi connectivity index (χ0) is 21.3. The van der Waals surface area contributed by atoms with Crippen molar-refractivity contribution in [2.45, 2.75) is 63.8 Å². The molecule has 9 heteroatoms. The minimum absolute atomic E-state index is 0.196. The Balaban J connectivity index is 1.52. The number of nitrogens with one attached hydrogen (secondary N) is 1. The predicted molar refractivity (Wildman–Crippen MR) is 112 cm³/mol. The van der Waals surface area contributed by atoms with E-state index >= 15 is 4.39 Å². The van der Waals surface area contributed by atoms with E-state index in [-0.39, 0.29) is 6.04 Å². The standard InChI is InChI=1S/C21H30FN3O4S/c22-20-16(8-9-18(26)21(20)25-14-19(27)23-30(25,28)29)13-17-7-3-4-11-24(17)12-10-15-5-1-2-6-15/h8-9,15,17,26H,1-7,10-14H2,(H,23,27). The van der Waals surface area contributed by atoms with E-state index in [0.29, 0.717) is 16.3 Å². The van der Waals surface area contributed by atoms with Crippen LogP contribution in [-0.2, 0) is 21.4 Å². The fraction of sp³-hybridized carbons (Fsp3) is 0.667. The van der Waals surface area contributed by atoms with Crippen LogP contribution in [0, 0.1) is 11.7 Å². The lowest BCUT2D eigenvalue weighted by molar-refractivity contribution is -0.117. The Labute approximate surface area is 177 Å². The average Bonchev–Trinajstić information content (AvgIpc) is 3.30. The zero-order valence-corrected chi connectivity index (χ0v) is 18.0. The van der Waals surface area contributed by atoms with Crippen molar-refractivity contribution < 1.29 is 22.7 Å². The molecule has 2 N–H and O–H groups in total. The highest BCUT2D eigenvalue weighted by Crippen LogP contribution is 2.36. The summed E-state index contributed by atoms with van der Waals surface area (Å²) in [5.74, 6) is -1.20. The number of phenolic OH excluding ortho intramolecular Hbond substituents is 1. The molecule has 7 nitrogen and oxygen atoms in total. The van der Waals surface area contributed by atoms with Crippen LogP contribution < -0.4 is 9.03 Å². The Hall–Kier alpha value is -1.87. The van der Waals surface area contributed by atoms with Gasteiger partial charge in [0.1, 0.15) is 18.0 Å². The van der Waals surface area contributed by atoms with Crippen LogP contribution in [-0.4, -0.2) is 50.0 Å². The molecule has 1 atom stereocenters. The van der Waals surface area contributed by atoms with Crippen LogP contribution >= 0.6 is 0 Å². The smallest absolute Gasteiger partial charge is 0.326 e. The molecule has 1 aliphatic carbocycles. The van der Waals surface area contributed by atoms with Crippen LogP contribution in [0.5, 0.6) is 5.75 Å². The van der Waals surface area contributed by atoms with E-state index in [9.17, 15) is 18.3 Å². The number of benzene rings is 1. The van der Waals surface area contributed by atoms with Gasteiger partial charge in [-0.25, -0.2) is 13.4 Å². The molecule has 3 aliphatic rings. The molecular formula is C21H30FN3O4S. The highest BCUT2D eigenvalue weighted by Gasteiger charge is 2.38. The largest absolute Gasteiger partial charge is 0.506 e. The Bertz CT molecular complexity index is 902. The lowest BCUT2D eigenvalue weighted by atomic mass is 9.93. The Morgan fingerprint density at radius 2 is 1.87 bits per heavy atom. The van der Waals surface area contributed by atoms with Crippen molar-refractivity contribution in [3.8, 4) is 5.75 Å². The van der Waals surface area contributed by atoms with Gasteiger partial charge in [-0.3, -0.25) is 4.79 Å². The summed E-state index contributed by atoms with van der Waals surface area (Å²) in [6, 6.07) is 3.04. The molecule has 1 aromatic carbocycles. The molecule has 0 radical (unpaired) electrons. The van der Waals surface area contributed by atoms with Gasteiger partial charge in [-0.05, 0) is 56.3 Å². The summed E-state index contributed by atoms with van der Waals surface area (Å²) >= 11 is 0. The predicted octanol–water partition coefficient (Wildman–Crippen LogP) is 2.69.